The van der Waals surface area contributed by atoms with Gasteiger partial charge in [-0.1, -0.05) is 6.07 Å². The fraction of sp³-hybridized carbons (Fsp3) is 0.304. The number of aliphatic hydroxyl groups is 2. The number of anilines is 1. The lowest BCUT2D eigenvalue weighted by Crippen LogP contribution is -2.41. The molecule has 5 rings (SSSR count). The van der Waals surface area contributed by atoms with Gasteiger partial charge in [0.05, 0.1) is 24.8 Å². The van der Waals surface area contributed by atoms with E-state index in [4.69, 9.17) is 4.74 Å². The van der Waals surface area contributed by atoms with E-state index >= 15 is 0 Å². The Morgan fingerprint density at radius 3 is 2.67 bits per heavy atom. The highest BCUT2D eigenvalue weighted by molar-refractivity contribution is 5.85. The van der Waals surface area contributed by atoms with Crippen LogP contribution in [0.15, 0.2) is 43.0 Å². The van der Waals surface area contributed by atoms with Crippen LogP contribution in [0.3, 0.4) is 0 Å². The van der Waals surface area contributed by atoms with Crippen molar-refractivity contribution in [2.24, 2.45) is 0 Å². The number of aliphatic hydroxyl groups excluding tert-OH is 2. The predicted octanol–water partition coefficient (Wildman–Crippen LogP) is 1.42. The zero-order chi connectivity index (χ0) is 27.9. The Morgan fingerprint density at radius 2 is 1.95 bits per heavy atom. The van der Waals surface area contributed by atoms with Crippen molar-refractivity contribution >= 4 is 22.9 Å². The molecule has 0 saturated carbocycles. The normalized spacial score (nSPS) is 21.3. The van der Waals surface area contributed by atoms with Crippen molar-refractivity contribution in [3.63, 3.8) is 0 Å². The van der Waals surface area contributed by atoms with Crippen LogP contribution in [0, 0.1) is 5.82 Å². The second kappa shape index (κ2) is 10.1. The predicted molar refractivity (Wildman–Crippen MR) is 125 cm³/mol. The molecule has 0 radical (unpaired) electrons. The molecule has 1 aliphatic heterocycles. The third-order valence-corrected chi connectivity index (χ3v) is 5.94. The van der Waals surface area contributed by atoms with Crippen LogP contribution in [0.25, 0.3) is 22.6 Å². The van der Waals surface area contributed by atoms with Crippen molar-refractivity contribution in [2.45, 2.75) is 37.3 Å². The van der Waals surface area contributed by atoms with Crippen molar-refractivity contribution in [1.29, 1.82) is 0 Å². The molecule has 0 unspecified atom stereocenters. The molecule has 0 bridgehead atoms. The molecule has 4 aromatic rings. The van der Waals surface area contributed by atoms with E-state index < -0.39 is 48.1 Å². The maximum atomic E-state index is 13.9. The van der Waals surface area contributed by atoms with E-state index in [1.54, 1.807) is 0 Å². The van der Waals surface area contributed by atoms with Crippen LogP contribution in [0.5, 0.6) is 0 Å². The SMILES string of the molecule is CNC(=O)[C@H]1O[C@@H](n2cnc3c(NCc4cccc(C(F)(F)F)n4)nc(-c4cncc(F)c4)nc32)[C@H](O)[C@@H]1O. The summed E-state index contributed by atoms with van der Waals surface area (Å²) in [7, 11) is 1.34. The summed E-state index contributed by atoms with van der Waals surface area (Å²) in [6.45, 7) is -0.191. The number of ether oxygens (including phenoxy) is 1. The Balaban J connectivity index is 1.56. The number of carbonyl (C=O) groups excluding carboxylic acids is 1. The Bertz CT molecular complexity index is 1530. The fourth-order valence-corrected chi connectivity index (χ4v) is 4.05. The molecule has 0 spiro atoms. The number of pyridine rings is 2. The number of alkyl halides is 3. The molecule has 4 aromatic heterocycles. The summed E-state index contributed by atoms with van der Waals surface area (Å²) in [5.41, 5.74) is -0.680. The Labute approximate surface area is 216 Å². The van der Waals surface area contributed by atoms with E-state index in [0.717, 1.165) is 18.3 Å². The average Bonchev–Trinajstić information content (AvgIpc) is 3.47. The summed E-state index contributed by atoms with van der Waals surface area (Å²) >= 11 is 0. The molecule has 12 nitrogen and oxygen atoms in total. The van der Waals surface area contributed by atoms with Crippen LogP contribution >= 0.6 is 0 Å². The van der Waals surface area contributed by atoms with Gasteiger partial charge in [0, 0.05) is 18.8 Å². The number of aromatic nitrogens is 6. The molecule has 1 amide bonds. The summed E-state index contributed by atoms with van der Waals surface area (Å²) in [5, 5.41) is 26.2. The summed E-state index contributed by atoms with van der Waals surface area (Å²) in [6.07, 6.45) is -6.91. The summed E-state index contributed by atoms with van der Waals surface area (Å²) in [4.78, 5) is 32.5. The van der Waals surface area contributed by atoms with Crippen LogP contribution in [0.4, 0.5) is 23.4 Å². The molecule has 204 valence electrons. The van der Waals surface area contributed by atoms with E-state index in [9.17, 15) is 32.6 Å². The van der Waals surface area contributed by atoms with Crippen LogP contribution in [-0.2, 0) is 22.3 Å². The maximum Gasteiger partial charge on any atom is 0.433 e. The van der Waals surface area contributed by atoms with Crippen LogP contribution < -0.4 is 10.6 Å². The standard InChI is InChI=1S/C23H20F4N8O4/c1-28-21(38)17-15(36)16(37)22(39-17)35-9-31-14-19(30-8-12-3-2-4-13(32-12)23(25,26)27)33-18(34-20(14)35)10-5-11(24)7-29-6-10/h2-7,9,15-17,22,36-37H,8H2,1H3,(H,28,38)(H,30,33,34)/t15-,16+,17-,22+/m0/s1. The minimum atomic E-state index is -4.63. The van der Waals surface area contributed by atoms with E-state index in [2.05, 4.69) is 35.6 Å². The summed E-state index contributed by atoms with van der Waals surface area (Å²) in [6, 6.07) is 4.57. The zero-order valence-corrected chi connectivity index (χ0v) is 20.0. The highest BCUT2D eigenvalue weighted by Crippen LogP contribution is 2.34. The van der Waals surface area contributed by atoms with Gasteiger partial charge in [0.25, 0.3) is 5.91 Å². The van der Waals surface area contributed by atoms with Gasteiger partial charge in [-0.05, 0) is 18.2 Å². The number of hydrogen-bond acceptors (Lipinski definition) is 10. The second-order valence-corrected chi connectivity index (χ2v) is 8.52. The third-order valence-electron chi connectivity index (χ3n) is 5.94. The number of rotatable bonds is 6. The fourth-order valence-electron chi connectivity index (χ4n) is 4.05. The number of halogens is 4. The molecule has 1 fully saturated rings. The van der Waals surface area contributed by atoms with Gasteiger partial charge in [-0.15, -0.1) is 0 Å². The highest BCUT2D eigenvalue weighted by Gasteiger charge is 2.47. The van der Waals surface area contributed by atoms with Crippen molar-refractivity contribution in [3.05, 3.63) is 60.2 Å². The van der Waals surface area contributed by atoms with Gasteiger partial charge < -0.3 is 25.6 Å². The van der Waals surface area contributed by atoms with E-state index in [1.807, 2.05) is 0 Å². The summed E-state index contributed by atoms with van der Waals surface area (Å²) in [5.74, 6) is -1.32. The molecule has 4 N–H and O–H groups in total. The van der Waals surface area contributed by atoms with Gasteiger partial charge in [-0.25, -0.2) is 24.3 Å². The molecule has 16 heteroatoms. The first kappa shape index (κ1) is 26.3. The average molecular weight is 548 g/mol. The van der Waals surface area contributed by atoms with Crippen LogP contribution in [0.2, 0.25) is 0 Å². The molecule has 1 saturated heterocycles. The number of carbonyl (C=O) groups is 1. The van der Waals surface area contributed by atoms with Crippen LogP contribution in [-0.4, -0.2) is 71.0 Å². The number of fused-ring (bicyclic) bond motifs is 1. The van der Waals surface area contributed by atoms with Gasteiger partial charge >= 0.3 is 6.18 Å². The molecule has 4 atom stereocenters. The highest BCUT2D eigenvalue weighted by atomic mass is 19.4. The topological polar surface area (TPSA) is 160 Å². The number of amides is 1. The van der Waals surface area contributed by atoms with Crippen molar-refractivity contribution in [2.75, 3.05) is 12.4 Å². The molecule has 1 aliphatic rings. The van der Waals surface area contributed by atoms with Gasteiger partial charge in [-0.2, -0.15) is 13.2 Å². The minimum absolute atomic E-state index is 0.0355. The number of imidazole rings is 1. The first-order chi connectivity index (χ1) is 18.6. The molecule has 0 aliphatic carbocycles. The molecular formula is C23H20F4N8O4. The van der Waals surface area contributed by atoms with Crippen molar-refractivity contribution < 1.29 is 37.3 Å². The second-order valence-electron chi connectivity index (χ2n) is 8.52. The van der Waals surface area contributed by atoms with E-state index in [0.29, 0.717) is 0 Å². The molecule has 0 aromatic carbocycles. The van der Waals surface area contributed by atoms with Gasteiger partial charge in [-0.3, -0.25) is 14.3 Å². The lowest BCUT2D eigenvalue weighted by atomic mass is 10.1. The molecule has 5 heterocycles. The number of likely N-dealkylation sites (N-methyl/N-ethyl adjacent to an activating group) is 1. The van der Waals surface area contributed by atoms with E-state index in [1.165, 1.54) is 36.3 Å². The monoisotopic (exact) mass is 548 g/mol. The molecule has 39 heavy (non-hydrogen) atoms. The minimum Gasteiger partial charge on any atom is -0.387 e. The summed E-state index contributed by atoms with van der Waals surface area (Å²) < 4.78 is 60.1. The third kappa shape index (κ3) is 5.08. The zero-order valence-electron chi connectivity index (χ0n) is 20.0. The largest absolute Gasteiger partial charge is 0.433 e. The number of hydrogen-bond donors (Lipinski definition) is 4. The first-order valence-corrected chi connectivity index (χ1v) is 11.4. The smallest absolute Gasteiger partial charge is 0.387 e. The Morgan fingerprint density at radius 1 is 1.15 bits per heavy atom. The first-order valence-electron chi connectivity index (χ1n) is 11.4. The lowest BCUT2D eigenvalue weighted by molar-refractivity contribution is -0.141. The van der Waals surface area contributed by atoms with Gasteiger partial charge in [0.15, 0.2) is 35.1 Å². The lowest BCUT2D eigenvalue weighted by Gasteiger charge is -2.17. The number of nitrogens with one attached hydrogen (secondary N) is 2. The maximum absolute atomic E-state index is 13.9. The number of nitrogens with zero attached hydrogens (tertiary/aromatic N) is 6. The van der Waals surface area contributed by atoms with Gasteiger partial charge in [0.1, 0.15) is 23.7 Å². The van der Waals surface area contributed by atoms with Crippen molar-refractivity contribution in [1.82, 2.24) is 34.8 Å². The molecular weight excluding hydrogens is 528 g/mol. The Hall–Kier alpha value is -4.28. The van der Waals surface area contributed by atoms with E-state index in [-0.39, 0.29) is 40.6 Å². The van der Waals surface area contributed by atoms with Crippen LogP contribution in [0.1, 0.15) is 17.6 Å². The van der Waals surface area contributed by atoms with Gasteiger partial charge in [0.2, 0.25) is 0 Å². The Kier molecular flexibility index (Phi) is 6.83. The van der Waals surface area contributed by atoms with Crippen molar-refractivity contribution in [3.8, 4) is 11.4 Å². The quantitative estimate of drug-likeness (QED) is 0.260.